The fraction of sp³-hybridized carbons (Fsp3) is 0.133. The predicted molar refractivity (Wildman–Crippen MR) is 67.4 cm³/mol. The lowest BCUT2D eigenvalue weighted by molar-refractivity contribution is 1.38. The van der Waals surface area contributed by atoms with Crippen LogP contribution in [0.25, 0.3) is 11.1 Å². The largest absolute Gasteiger partial charge is 0.193 e. The molecule has 0 saturated carbocycles. The van der Waals surface area contributed by atoms with Crippen molar-refractivity contribution in [1.82, 2.24) is 0 Å². The van der Waals surface area contributed by atoms with Crippen LogP contribution < -0.4 is 0 Å². The van der Waals surface area contributed by atoms with E-state index in [2.05, 4.69) is 6.07 Å². The topological polar surface area (TPSA) is 71.4 Å². The third kappa shape index (κ3) is 1.67. The van der Waals surface area contributed by atoms with Gasteiger partial charge in [-0.15, -0.1) is 0 Å². The monoisotopic (exact) mass is 231 g/mol. The molecule has 1 aromatic carbocycles. The van der Waals surface area contributed by atoms with Crippen LogP contribution in [0.15, 0.2) is 35.4 Å². The molecular weight excluding hydrogens is 222 g/mol. The Balaban J connectivity index is 2.78. The zero-order valence-electron chi connectivity index (χ0n) is 9.86. The molecule has 0 heterocycles. The van der Waals surface area contributed by atoms with E-state index >= 15 is 0 Å². The summed E-state index contributed by atoms with van der Waals surface area (Å²) in [6.07, 6.45) is 0.481. The molecule has 0 unspecified atom stereocenters. The van der Waals surface area contributed by atoms with Crippen molar-refractivity contribution < 1.29 is 0 Å². The second-order valence-corrected chi connectivity index (χ2v) is 4.01. The molecule has 0 saturated heterocycles. The first-order chi connectivity index (χ1) is 8.72. The summed E-state index contributed by atoms with van der Waals surface area (Å²) in [6.45, 7) is 1.76. The van der Waals surface area contributed by atoms with Crippen molar-refractivity contribution in [1.29, 1.82) is 15.8 Å². The summed E-state index contributed by atoms with van der Waals surface area (Å²) in [7, 11) is 0. The van der Waals surface area contributed by atoms with Crippen LogP contribution >= 0.6 is 0 Å². The molecule has 84 valence electrons. The summed E-state index contributed by atoms with van der Waals surface area (Å²) in [6, 6.07) is 13.6. The first-order valence-corrected chi connectivity index (χ1v) is 5.46. The number of hydrogen-bond donors (Lipinski definition) is 0. The summed E-state index contributed by atoms with van der Waals surface area (Å²) in [5.41, 5.74) is 4.23. The number of nitrogens with zero attached hydrogens (tertiary/aromatic N) is 3. The predicted octanol–water partition coefficient (Wildman–Crippen LogP) is 3.19. The summed E-state index contributed by atoms with van der Waals surface area (Å²) in [5.74, 6) is 0. The summed E-state index contributed by atoms with van der Waals surface area (Å²) in [4.78, 5) is 0. The average molecular weight is 231 g/mol. The van der Waals surface area contributed by atoms with E-state index in [4.69, 9.17) is 15.8 Å². The molecule has 3 nitrogen and oxygen atoms in total. The van der Waals surface area contributed by atoms with Crippen molar-refractivity contribution in [3.05, 3.63) is 46.5 Å². The minimum absolute atomic E-state index is 0.128. The molecule has 0 aliphatic heterocycles. The van der Waals surface area contributed by atoms with Gasteiger partial charge in [-0.2, -0.15) is 15.8 Å². The average Bonchev–Trinajstić information content (AvgIpc) is 2.79. The quantitative estimate of drug-likeness (QED) is 0.643. The van der Waals surface area contributed by atoms with Gasteiger partial charge >= 0.3 is 0 Å². The van der Waals surface area contributed by atoms with Gasteiger partial charge in [-0.3, -0.25) is 0 Å². The van der Waals surface area contributed by atoms with Gasteiger partial charge in [0.25, 0.3) is 0 Å². The van der Waals surface area contributed by atoms with E-state index in [0.29, 0.717) is 12.0 Å². The molecule has 0 N–H and O–H groups in total. The van der Waals surface area contributed by atoms with Crippen molar-refractivity contribution in [2.24, 2.45) is 0 Å². The van der Waals surface area contributed by atoms with Crippen LogP contribution in [0.4, 0.5) is 0 Å². The maximum atomic E-state index is 9.01. The van der Waals surface area contributed by atoms with Crippen molar-refractivity contribution >= 4 is 11.1 Å². The number of benzene rings is 1. The highest BCUT2D eigenvalue weighted by molar-refractivity contribution is 5.97. The van der Waals surface area contributed by atoms with Gasteiger partial charge in [0.15, 0.2) is 0 Å². The molecule has 0 amide bonds. The van der Waals surface area contributed by atoms with Crippen molar-refractivity contribution in [2.45, 2.75) is 13.3 Å². The molecule has 1 aliphatic rings. The third-order valence-electron chi connectivity index (χ3n) is 3.08. The zero-order valence-corrected chi connectivity index (χ0v) is 9.86. The Morgan fingerprint density at radius 1 is 0.944 bits per heavy atom. The number of hydrogen-bond acceptors (Lipinski definition) is 3. The molecule has 3 heteroatoms. The SMILES string of the molecule is C/C(C#N)=C1/CC(=C(C#N)C#N)c2ccccc21. The Kier molecular flexibility index (Phi) is 2.96. The lowest BCUT2D eigenvalue weighted by atomic mass is 10.0. The minimum atomic E-state index is 0.128. The summed E-state index contributed by atoms with van der Waals surface area (Å²) in [5, 5.41) is 27.0. The maximum absolute atomic E-state index is 9.01. The fourth-order valence-corrected chi connectivity index (χ4v) is 2.16. The molecule has 0 fully saturated rings. The molecular formula is C15H9N3. The first-order valence-electron chi connectivity index (χ1n) is 5.46. The second kappa shape index (κ2) is 4.58. The number of fused-ring (bicyclic) bond motifs is 1. The Morgan fingerprint density at radius 3 is 2.00 bits per heavy atom. The first kappa shape index (κ1) is 11.6. The van der Waals surface area contributed by atoms with Crippen LogP contribution in [0, 0.1) is 34.0 Å². The van der Waals surface area contributed by atoms with E-state index in [1.54, 1.807) is 6.92 Å². The van der Waals surface area contributed by atoms with Gasteiger partial charge < -0.3 is 0 Å². The van der Waals surface area contributed by atoms with Crippen molar-refractivity contribution in [3.63, 3.8) is 0 Å². The third-order valence-corrected chi connectivity index (χ3v) is 3.08. The van der Waals surface area contributed by atoms with Crippen LogP contribution in [-0.4, -0.2) is 0 Å². The van der Waals surface area contributed by atoms with Gasteiger partial charge in [0, 0.05) is 12.0 Å². The smallest absolute Gasteiger partial charge is 0.133 e. The van der Waals surface area contributed by atoms with E-state index in [9.17, 15) is 0 Å². The molecule has 0 radical (unpaired) electrons. The maximum Gasteiger partial charge on any atom is 0.133 e. The van der Waals surface area contributed by atoms with Gasteiger partial charge in [0.2, 0.25) is 0 Å². The van der Waals surface area contributed by atoms with Crippen LogP contribution in [0.5, 0.6) is 0 Å². The molecule has 0 aromatic heterocycles. The van der Waals surface area contributed by atoms with E-state index in [0.717, 1.165) is 22.3 Å². The van der Waals surface area contributed by atoms with E-state index in [1.807, 2.05) is 36.4 Å². The van der Waals surface area contributed by atoms with E-state index in [1.165, 1.54) is 0 Å². The number of rotatable bonds is 0. The Hall–Kier alpha value is -2.83. The van der Waals surface area contributed by atoms with Crippen LogP contribution in [-0.2, 0) is 0 Å². The summed E-state index contributed by atoms with van der Waals surface area (Å²) >= 11 is 0. The van der Waals surface area contributed by atoms with Gasteiger partial charge in [0.05, 0.1) is 6.07 Å². The van der Waals surface area contributed by atoms with Crippen molar-refractivity contribution in [3.8, 4) is 18.2 Å². The Bertz CT molecular complexity index is 684. The zero-order chi connectivity index (χ0) is 13.1. The van der Waals surface area contributed by atoms with Crippen LogP contribution in [0.1, 0.15) is 24.5 Å². The fourth-order valence-electron chi connectivity index (χ4n) is 2.16. The highest BCUT2D eigenvalue weighted by atomic mass is 14.3. The Morgan fingerprint density at radius 2 is 1.50 bits per heavy atom. The molecule has 1 aromatic rings. The number of nitriles is 3. The van der Waals surface area contributed by atoms with E-state index in [-0.39, 0.29) is 5.57 Å². The molecule has 0 bridgehead atoms. The molecule has 18 heavy (non-hydrogen) atoms. The van der Waals surface area contributed by atoms with Crippen LogP contribution in [0.3, 0.4) is 0 Å². The highest BCUT2D eigenvalue weighted by Gasteiger charge is 2.25. The van der Waals surface area contributed by atoms with Gasteiger partial charge in [0.1, 0.15) is 17.7 Å². The normalized spacial score (nSPS) is 15.1. The number of allylic oxidation sites excluding steroid dienone is 4. The molecule has 0 atom stereocenters. The van der Waals surface area contributed by atoms with E-state index < -0.39 is 0 Å². The van der Waals surface area contributed by atoms with Gasteiger partial charge in [-0.1, -0.05) is 24.3 Å². The summed E-state index contributed by atoms with van der Waals surface area (Å²) < 4.78 is 0. The standard InChI is InChI=1S/C15H9N3/c1-10(7-16)14-6-15(11(8-17)9-18)13-5-3-2-4-12(13)14/h2-5H,6H2,1H3/b14-10+. The van der Waals surface area contributed by atoms with Gasteiger partial charge in [-0.05, 0) is 29.2 Å². The van der Waals surface area contributed by atoms with Gasteiger partial charge in [-0.25, -0.2) is 0 Å². The molecule has 0 spiro atoms. The lowest BCUT2D eigenvalue weighted by Crippen LogP contribution is -1.83. The second-order valence-electron chi connectivity index (χ2n) is 4.01. The highest BCUT2D eigenvalue weighted by Crippen LogP contribution is 2.43. The molecule has 2 rings (SSSR count). The minimum Gasteiger partial charge on any atom is -0.193 e. The van der Waals surface area contributed by atoms with Crippen molar-refractivity contribution in [2.75, 3.05) is 0 Å². The molecule has 1 aliphatic carbocycles. The lowest BCUT2D eigenvalue weighted by Gasteiger charge is -1.99. The van der Waals surface area contributed by atoms with Crippen LogP contribution in [0.2, 0.25) is 0 Å². The Labute approximate surface area is 106 Å².